The van der Waals surface area contributed by atoms with Crippen molar-refractivity contribution in [2.45, 2.75) is 26.2 Å². The van der Waals surface area contributed by atoms with E-state index in [1.165, 1.54) is 16.5 Å². The van der Waals surface area contributed by atoms with Crippen LogP contribution in [0.1, 0.15) is 22.8 Å². The topological polar surface area (TPSA) is 64.8 Å². The molecule has 1 aliphatic heterocycles. The van der Waals surface area contributed by atoms with E-state index in [4.69, 9.17) is 10.1 Å². The van der Waals surface area contributed by atoms with Crippen molar-refractivity contribution in [1.82, 2.24) is 14.8 Å². The first-order valence-electron chi connectivity index (χ1n) is 9.45. The van der Waals surface area contributed by atoms with E-state index in [1.54, 1.807) is 6.08 Å². The largest absolute Gasteiger partial charge is 0.224 e. The summed E-state index contributed by atoms with van der Waals surface area (Å²) in [4.78, 5) is 4.76. The smallest absolute Gasteiger partial charge is 0.171 e. The number of benzene rings is 2. The van der Waals surface area contributed by atoms with E-state index in [0.29, 0.717) is 6.42 Å². The van der Waals surface area contributed by atoms with Crippen LogP contribution in [0.5, 0.6) is 0 Å². The van der Waals surface area contributed by atoms with Crippen LogP contribution in [-0.2, 0) is 29.1 Å². The fraction of sp³-hybridized carbons (Fsp3) is 0.273. The van der Waals surface area contributed by atoms with E-state index in [1.807, 2.05) is 54.1 Å². The monoisotopic (exact) mass is 393 g/mol. The van der Waals surface area contributed by atoms with Gasteiger partial charge in [-0.3, -0.25) is 0 Å². The Morgan fingerprint density at radius 3 is 2.46 bits per heavy atom. The molecule has 2 aromatic carbocycles. The molecule has 0 unspecified atom stereocenters. The van der Waals surface area contributed by atoms with Crippen molar-refractivity contribution in [3.8, 4) is 5.69 Å². The first-order valence-corrected chi connectivity index (χ1v) is 11.2. The first-order chi connectivity index (χ1) is 13.5. The molecule has 4 rings (SSSR count). The van der Waals surface area contributed by atoms with Gasteiger partial charge in [0.15, 0.2) is 15.7 Å². The van der Waals surface area contributed by atoms with Crippen LogP contribution < -0.4 is 0 Å². The lowest BCUT2D eigenvalue weighted by Crippen LogP contribution is -2.12. The van der Waals surface area contributed by atoms with Crippen LogP contribution in [0, 0.1) is 12.8 Å². The number of nitrogens with zero attached hydrogens (tertiary/aromatic N) is 3. The Hall–Kier alpha value is -2.73. The highest BCUT2D eigenvalue weighted by Crippen LogP contribution is 2.21. The predicted octanol–water partition coefficient (Wildman–Crippen LogP) is 3.46. The molecule has 0 saturated heterocycles. The predicted molar refractivity (Wildman–Crippen MR) is 110 cm³/mol. The second-order valence-electron chi connectivity index (χ2n) is 7.30. The van der Waals surface area contributed by atoms with Gasteiger partial charge in [-0.25, -0.2) is 18.1 Å². The number of hydrogen-bond acceptors (Lipinski definition) is 4. The number of allylic oxidation sites excluding steroid dienone is 1. The minimum atomic E-state index is -3.08. The Kier molecular flexibility index (Phi) is 5.13. The van der Waals surface area contributed by atoms with Crippen LogP contribution in [-0.4, -0.2) is 28.9 Å². The molecule has 3 aromatic rings. The third kappa shape index (κ3) is 4.39. The Labute approximate surface area is 165 Å². The summed E-state index contributed by atoms with van der Waals surface area (Å²) in [5.41, 5.74) is 3.38. The minimum absolute atomic E-state index is 0.0552. The summed E-state index contributed by atoms with van der Waals surface area (Å²) < 4.78 is 25.4. The van der Waals surface area contributed by atoms with Gasteiger partial charge in [0.25, 0.3) is 0 Å². The van der Waals surface area contributed by atoms with Gasteiger partial charge >= 0.3 is 0 Å². The van der Waals surface area contributed by atoms with Crippen molar-refractivity contribution in [3.05, 3.63) is 88.9 Å². The summed E-state index contributed by atoms with van der Waals surface area (Å²) in [6.45, 7) is 2.05. The number of sulfone groups is 1. The third-order valence-corrected chi connectivity index (χ3v) is 6.39. The molecule has 0 radical (unpaired) electrons. The van der Waals surface area contributed by atoms with E-state index in [0.717, 1.165) is 30.2 Å². The molecule has 28 heavy (non-hydrogen) atoms. The van der Waals surface area contributed by atoms with E-state index in [-0.39, 0.29) is 11.7 Å². The number of hydrogen-bond donors (Lipinski definition) is 0. The Bertz CT molecular complexity index is 1080. The quantitative estimate of drug-likeness (QED) is 0.643. The zero-order chi connectivity index (χ0) is 19.6. The Morgan fingerprint density at radius 2 is 1.79 bits per heavy atom. The molecule has 1 aliphatic rings. The fourth-order valence-electron chi connectivity index (χ4n) is 3.43. The zero-order valence-corrected chi connectivity index (χ0v) is 16.6. The van der Waals surface area contributed by atoms with Gasteiger partial charge in [0.05, 0.1) is 11.4 Å². The van der Waals surface area contributed by atoms with Crippen LogP contribution >= 0.6 is 0 Å². The normalized spacial score (nSPS) is 17.8. The van der Waals surface area contributed by atoms with Crippen molar-refractivity contribution in [2.75, 3.05) is 5.75 Å². The molecule has 0 aliphatic carbocycles. The van der Waals surface area contributed by atoms with Gasteiger partial charge in [-0.05, 0) is 37.0 Å². The lowest BCUT2D eigenvalue weighted by molar-refractivity contribution is 0.593. The van der Waals surface area contributed by atoms with Gasteiger partial charge in [-0.15, -0.1) is 0 Å². The fourth-order valence-corrected chi connectivity index (χ4v) is 4.82. The van der Waals surface area contributed by atoms with Crippen LogP contribution in [0.4, 0.5) is 0 Å². The molecule has 0 spiro atoms. The molecule has 0 bridgehead atoms. The second kappa shape index (κ2) is 7.72. The Morgan fingerprint density at radius 1 is 1.04 bits per heavy atom. The molecule has 0 N–H and O–H groups in total. The molecular formula is C22H23N3O2S. The van der Waals surface area contributed by atoms with E-state index < -0.39 is 9.84 Å². The minimum Gasteiger partial charge on any atom is -0.224 e. The maximum Gasteiger partial charge on any atom is 0.171 e. The summed E-state index contributed by atoms with van der Waals surface area (Å²) >= 11 is 0. The van der Waals surface area contributed by atoms with Gasteiger partial charge in [0.2, 0.25) is 0 Å². The molecule has 6 heteroatoms. The van der Waals surface area contributed by atoms with Crippen LogP contribution in [0.2, 0.25) is 0 Å². The highest BCUT2D eigenvalue weighted by Gasteiger charge is 2.24. The van der Waals surface area contributed by atoms with Crippen molar-refractivity contribution < 1.29 is 8.42 Å². The van der Waals surface area contributed by atoms with Crippen molar-refractivity contribution >= 4 is 9.84 Å². The summed E-state index contributed by atoms with van der Waals surface area (Å²) in [5, 5.41) is 6.06. The third-order valence-electron chi connectivity index (χ3n) is 4.93. The number of aryl methyl sites for hydroxylation is 3. The van der Waals surface area contributed by atoms with Crippen molar-refractivity contribution in [1.29, 1.82) is 0 Å². The zero-order valence-electron chi connectivity index (χ0n) is 15.8. The van der Waals surface area contributed by atoms with Crippen LogP contribution in [0.3, 0.4) is 0 Å². The molecule has 144 valence electrons. The molecule has 0 saturated carbocycles. The van der Waals surface area contributed by atoms with Crippen LogP contribution in [0.25, 0.3) is 5.69 Å². The van der Waals surface area contributed by atoms with Crippen LogP contribution in [0.15, 0.2) is 66.1 Å². The molecule has 1 aromatic heterocycles. The van der Waals surface area contributed by atoms with Gasteiger partial charge in [0, 0.05) is 18.2 Å². The number of rotatable bonds is 6. The lowest BCUT2D eigenvalue weighted by atomic mass is 10.1. The molecule has 1 atom stereocenters. The SMILES string of the molecule is Cc1ccc(-n2nc(CCc3ccccc3)nc2C[C@@H]2C=CS(=O)(=O)C2)cc1. The summed E-state index contributed by atoms with van der Waals surface area (Å²) in [7, 11) is -3.08. The average molecular weight is 394 g/mol. The summed E-state index contributed by atoms with van der Waals surface area (Å²) in [5.74, 6) is 1.68. The molecule has 0 fully saturated rings. The molecule has 2 heterocycles. The van der Waals surface area contributed by atoms with Crippen molar-refractivity contribution in [2.24, 2.45) is 5.92 Å². The van der Waals surface area contributed by atoms with E-state index in [9.17, 15) is 8.42 Å². The Balaban J connectivity index is 1.59. The highest BCUT2D eigenvalue weighted by atomic mass is 32.2. The number of aromatic nitrogens is 3. The maximum atomic E-state index is 11.8. The average Bonchev–Trinajstić information content (AvgIpc) is 3.24. The second-order valence-corrected chi connectivity index (χ2v) is 9.23. The van der Waals surface area contributed by atoms with Gasteiger partial charge in [0.1, 0.15) is 5.82 Å². The first kappa shape index (κ1) is 18.6. The summed E-state index contributed by atoms with van der Waals surface area (Å²) in [6, 6.07) is 18.4. The van der Waals surface area contributed by atoms with E-state index >= 15 is 0 Å². The summed E-state index contributed by atoms with van der Waals surface area (Å²) in [6.07, 6.45) is 3.94. The highest BCUT2D eigenvalue weighted by molar-refractivity contribution is 7.94. The molecular weight excluding hydrogens is 370 g/mol. The van der Waals surface area contributed by atoms with Gasteiger partial charge < -0.3 is 0 Å². The van der Waals surface area contributed by atoms with Gasteiger partial charge in [-0.1, -0.05) is 54.1 Å². The standard InChI is InChI=1S/C22H23N3O2S/c1-17-7-10-20(11-8-17)25-22(15-19-13-14-28(26,27)16-19)23-21(24-25)12-9-18-5-3-2-4-6-18/h2-8,10-11,13-14,19H,9,12,15-16H2,1H3/t19-/m0/s1. The molecule has 0 amide bonds. The van der Waals surface area contributed by atoms with Crippen molar-refractivity contribution in [3.63, 3.8) is 0 Å². The molecule has 5 nitrogen and oxygen atoms in total. The lowest BCUT2D eigenvalue weighted by Gasteiger charge is -2.09. The maximum absolute atomic E-state index is 11.8. The van der Waals surface area contributed by atoms with Gasteiger partial charge in [-0.2, -0.15) is 5.10 Å². The van der Waals surface area contributed by atoms with E-state index in [2.05, 4.69) is 12.1 Å².